The highest BCUT2D eigenvalue weighted by Crippen LogP contribution is 2.26. The minimum Gasteiger partial charge on any atom is -0.465 e. The zero-order chi connectivity index (χ0) is 20.9. The number of benzene rings is 1. The average Bonchev–Trinajstić information content (AvgIpc) is 3.41. The summed E-state index contributed by atoms with van der Waals surface area (Å²) in [5, 5.41) is 4.68. The van der Waals surface area contributed by atoms with Crippen LogP contribution in [0.3, 0.4) is 0 Å². The number of hydrogen-bond donors (Lipinski definition) is 0. The van der Waals surface area contributed by atoms with Gasteiger partial charge in [-0.05, 0) is 43.5 Å². The molecule has 1 saturated heterocycles. The fourth-order valence-corrected chi connectivity index (χ4v) is 3.92. The Labute approximate surface area is 175 Å². The summed E-state index contributed by atoms with van der Waals surface area (Å²) in [7, 11) is 0. The van der Waals surface area contributed by atoms with Crippen LogP contribution in [-0.4, -0.2) is 38.2 Å². The molecular formula is C23H26N4O3. The molecule has 1 aromatic carbocycles. The van der Waals surface area contributed by atoms with Crippen molar-refractivity contribution in [3.63, 3.8) is 0 Å². The smallest absolute Gasteiger partial charge is 0.346 e. The van der Waals surface area contributed by atoms with Crippen molar-refractivity contribution in [1.82, 2.24) is 19.2 Å². The van der Waals surface area contributed by atoms with Crippen LogP contribution >= 0.6 is 0 Å². The minimum atomic E-state index is -0.0729. The minimum absolute atomic E-state index is 0.0210. The van der Waals surface area contributed by atoms with Crippen LogP contribution in [0.4, 0.5) is 0 Å². The summed E-state index contributed by atoms with van der Waals surface area (Å²) in [4.78, 5) is 27.1. The normalized spacial score (nSPS) is 15.2. The van der Waals surface area contributed by atoms with Crippen LogP contribution in [0, 0.1) is 0 Å². The van der Waals surface area contributed by atoms with Gasteiger partial charge in [-0.1, -0.05) is 30.3 Å². The Morgan fingerprint density at radius 2 is 1.93 bits per heavy atom. The number of carbonyl (C=O) groups excluding carboxylic acids is 1. The Morgan fingerprint density at radius 1 is 1.17 bits per heavy atom. The molecule has 4 rings (SSSR count). The summed E-state index contributed by atoms with van der Waals surface area (Å²) in [5.74, 6) is 1.64. The Hall–Kier alpha value is -3.35. The van der Waals surface area contributed by atoms with E-state index < -0.39 is 0 Å². The van der Waals surface area contributed by atoms with Gasteiger partial charge in [0.05, 0.1) is 12.8 Å². The summed E-state index contributed by atoms with van der Waals surface area (Å²) in [6, 6.07) is 13.5. The average molecular weight is 406 g/mol. The second kappa shape index (κ2) is 8.98. The highest BCUT2D eigenvalue weighted by Gasteiger charge is 2.27. The molecule has 7 nitrogen and oxygen atoms in total. The number of carbonyl (C=O) groups is 1. The van der Waals surface area contributed by atoms with Crippen molar-refractivity contribution in [2.24, 2.45) is 0 Å². The first-order valence-corrected chi connectivity index (χ1v) is 10.4. The number of nitrogens with zero attached hydrogens (tertiary/aromatic N) is 4. The maximum Gasteiger partial charge on any atom is 0.346 e. The van der Waals surface area contributed by atoms with Crippen LogP contribution in [-0.2, 0) is 17.9 Å². The topological polar surface area (TPSA) is 73.3 Å². The Bertz CT molecular complexity index is 1060. The SMILES string of the molecule is CCn1c(C2CCN(C(=O)/C=C/c3ccco3)CC2)nn(Cc2ccccc2)c1=O. The van der Waals surface area contributed by atoms with E-state index in [9.17, 15) is 9.59 Å². The maximum atomic E-state index is 12.8. The third kappa shape index (κ3) is 4.30. The van der Waals surface area contributed by atoms with E-state index in [2.05, 4.69) is 5.10 Å². The Kier molecular flexibility index (Phi) is 5.97. The van der Waals surface area contributed by atoms with Crippen molar-refractivity contribution in [2.45, 2.75) is 38.8 Å². The Balaban J connectivity index is 1.43. The second-order valence-corrected chi connectivity index (χ2v) is 7.48. The van der Waals surface area contributed by atoms with Gasteiger partial charge in [0.1, 0.15) is 11.6 Å². The van der Waals surface area contributed by atoms with Crippen LogP contribution < -0.4 is 5.69 Å². The fraction of sp³-hybridized carbons (Fsp3) is 0.348. The molecule has 2 aromatic heterocycles. The summed E-state index contributed by atoms with van der Waals surface area (Å²) < 4.78 is 8.55. The van der Waals surface area contributed by atoms with Gasteiger partial charge in [-0.2, -0.15) is 5.10 Å². The fourth-order valence-electron chi connectivity index (χ4n) is 3.92. The lowest BCUT2D eigenvalue weighted by atomic mass is 9.96. The molecule has 1 amide bonds. The number of furan rings is 1. The van der Waals surface area contributed by atoms with Crippen LogP contribution in [0.1, 0.15) is 42.8 Å². The highest BCUT2D eigenvalue weighted by atomic mass is 16.3. The van der Waals surface area contributed by atoms with Crippen molar-refractivity contribution in [3.05, 3.63) is 82.4 Å². The molecular weight excluding hydrogens is 380 g/mol. The van der Waals surface area contributed by atoms with E-state index in [0.29, 0.717) is 31.9 Å². The molecule has 156 valence electrons. The van der Waals surface area contributed by atoms with Gasteiger partial charge in [0.2, 0.25) is 5.91 Å². The second-order valence-electron chi connectivity index (χ2n) is 7.48. The van der Waals surface area contributed by atoms with E-state index in [1.807, 2.05) is 48.2 Å². The molecule has 1 aliphatic rings. The summed E-state index contributed by atoms with van der Waals surface area (Å²) in [5.41, 5.74) is 0.979. The summed E-state index contributed by atoms with van der Waals surface area (Å²) in [6.07, 6.45) is 6.41. The first-order valence-electron chi connectivity index (χ1n) is 10.4. The van der Waals surface area contributed by atoms with E-state index in [1.54, 1.807) is 33.7 Å². The molecule has 7 heteroatoms. The number of likely N-dealkylation sites (tertiary alicyclic amines) is 1. The number of piperidine rings is 1. The molecule has 0 saturated carbocycles. The molecule has 0 bridgehead atoms. The van der Waals surface area contributed by atoms with E-state index in [0.717, 1.165) is 24.2 Å². The maximum absolute atomic E-state index is 12.8. The van der Waals surface area contributed by atoms with Crippen molar-refractivity contribution in [3.8, 4) is 0 Å². The molecule has 0 atom stereocenters. The summed E-state index contributed by atoms with van der Waals surface area (Å²) >= 11 is 0. The van der Waals surface area contributed by atoms with Crippen LogP contribution in [0.15, 0.2) is 64.0 Å². The summed E-state index contributed by atoms with van der Waals surface area (Å²) in [6.45, 7) is 4.32. The molecule has 1 aliphatic heterocycles. The zero-order valence-corrected chi connectivity index (χ0v) is 17.1. The lowest BCUT2D eigenvalue weighted by Gasteiger charge is -2.30. The van der Waals surface area contributed by atoms with Gasteiger partial charge < -0.3 is 9.32 Å². The number of rotatable bonds is 6. The van der Waals surface area contributed by atoms with E-state index in [4.69, 9.17) is 4.42 Å². The molecule has 3 aromatic rings. The van der Waals surface area contributed by atoms with E-state index >= 15 is 0 Å². The van der Waals surface area contributed by atoms with Crippen molar-refractivity contribution in [1.29, 1.82) is 0 Å². The van der Waals surface area contributed by atoms with Gasteiger partial charge in [-0.15, -0.1) is 0 Å². The van der Waals surface area contributed by atoms with Crippen LogP contribution in [0.5, 0.6) is 0 Å². The Morgan fingerprint density at radius 3 is 2.60 bits per heavy atom. The van der Waals surface area contributed by atoms with Gasteiger partial charge in [-0.3, -0.25) is 9.36 Å². The van der Waals surface area contributed by atoms with Gasteiger partial charge >= 0.3 is 5.69 Å². The monoisotopic (exact) mass is 406 g/mol. The van der Waals surface area contributed by atoms with Crippen molar-refractivity contribution >= 4 is 12.0 Å². The molecule has 0 spiro atoms. The van der Waals surface area contributed by atoms with Gasteiger partial charge in [0, 0.05) is 31.6 Å². The first-order chi connectivity index (χ1) is 14.7. The largest absolute Gasteiger partial charge is 0.465 e. The van der Waals surface area contributed by atoms with Crippen LogP contribution in [0.25, 0.3) is 6.08 Å². The lowest BCUT2D eigenvalue weighted by Crippen LogP contribution is -2.37. The van der Waals surface area contributed by atoms with Gasteiger partial charge in [-0.25, -0.2) is 9.48 Å². The van der Waals surface area contributed by atoms with Crippen molar-refractivity contribution < 1.29 is 9.21 Å². The first kappa shape index (κ1) is 19.9. The number of amides is 1. The van der Waals surface area contributed by atoms with Crippen LogP contribution in [0.2, 0.25) is 0 Å². The quantitative estimate of drug-likeness (QED) is 0.590. The molecule has 0 unspecified atom stereocenters. The van der Waals surface area contributed by atoms with Gasteiger partial charge in [0.15, 0.2) is 0 Å². The molecule has 3 heterocycles. The number of hydrogen-bond acceptors (Lipinski definition) is 4. The molecule has 0 N–H and O–H groups in total. The number of aromatic nitrogens is 3. The standard InChI is InChI=1S/C23H26N4O3/c1-2-26-22(24-27(23(26)29)17-18-7-4-3-5-8-18)19-12-14-25(15-13-19)21(28)11-10-20-9-6-16-30-20/h3-11,16,19H,2,12-15,17H2,1H3/b11-10+. The molecule has 0 aliphatic carbocycles. The lowest BCUT2D eigenvalue weighted by molar-refractivity contribution is -0.127. The van der Waals surface area contributed by atoms with Gasteiger partial charge in [0.25, 0.3) is 0 Å². The third-order valence-electron chi connectivity index (χ3n) is 5.55. The van der Waals surface area contributed by atoms with E-state index in [1.165, 1.54) is 0 Å². The molecule has 1 fully saturated rings. The van der Waals surface area contributed by atoms with Crippen molar-refractivity contribution in [2.75, 3.05) is 13.1 Å². The predicted molar refractivity (Wildman–Crippen MR) is 114 cm³/mol. The third-order valence-corrected chi connectivity index (χ3v) is 5.55. The highest BCUT2D eigenvalue weighted by molar-refractivity contribution is 5.91. The zero-order valence-electron chi connectivity index (χ0n) is 17.1. The molecule has 0 radical (unpaired) electrons. The predicted octanol–water partition coefficient (Wildman–Crippen LogP) is 3.13. The molecule has 30 heavy (non-hydrogen) atoms. The van der Waals surface area contributed by atoms with E-state index in [-0.39, 0.29) is 17.5 Å².